The third kappa shape index (κ3) is 7.30. The van der Waals surface area contributed by atoms with E-state index in [4.69, 9.17) is 10.0 Å². The molecule has 7 nitrogen and oxygen atoms in total. The molecule has 0 radical (unpaired) electrons. The summed E-state index contributed by atoms with van der Waals surface area (Å²) in [6.45, 7) is 0. The Morgan fingerprint density at radius 2 is 1.78 bits per heavy atom. The Morgan fingerprint density at radius 3 is 2.50 bits per heavy atom. The van der Waals surface area contributed by atoms with Crippen molar-refractivity contribution >= 4 is 36.0 Å². The number of carbonyl (C=O) groups is 2. The van der Waals surface area contributed by atoms with Crippen LogP contribution in [0.5, 0.6) is 0 Å². The van der Waals surface area contributed by atoms with Crippen LogP contribution in [0.2, 0.25) is 6.32 Å². The quantitative estimate of drug-likeness (QED) is 0.263. The maximum absolute atomic E-state index is 13.0. The van der Waals surface area contributed by atoms with Gasteiger partial charge in [0.1, 0.15) is 11.7 Å². The monoisotopic (exact) mass is 451 g/mol. The second kappa shape index (κ2) is 12.1. The second-order valence-electron chi connectivity index (χ2n) is 7.45. The van der Waals surface area contributed by atoms with Gasteiger partial charge in [0.2, 0.25) is 5.91 Å². The Bertz CT molecular complexity index is 999. The molecule has 32 heavy (non-hydrogen) atoms. The summed E-state index contributed by atoms with van der Waals surface area (Å²) in [6.07, 6.45) is 2.73. The van der Waals surface area contributed by atoms with Crippen molar-refractivity contribution in [1.82, 2.24) is 10.3 Å². The number of nitrogens with zero attached hydrogens (tertiary/aromatic N) is 1. The third-order valence-electron chi connectivity index (χ3n) is 4.98. The minimum absolute atomic E-state index is 0.280. The van der Waals surface area contributed by atoms with Crippen LogP contribution in [0.25, 0.3) is 11.1 Å². The molecule has 0 saturated heterocycles. The molecule has 2 aromatic carbocycles. The molecule has 0 saturated carbocycles. The molecule has 0 aliphatic rings. The lowest BCUT2D eigenvalue weighted by Gasteiger charge is -2.18. The Balaban J connectivity index is 1.66. The molecular formula is C23H26BN3O4S. The number of aromatic nitrogens is 1. The van der Waals surface area contributed by atoms with E-state index in [-0.39, 0.29) is 17.9 Å². The zero-order valence-electron chi connectivity index (χ0n) is 17.6. The molecule has 4 N–H and O–H groups in total. The van der Waals surface area contributed by atoms with Crippen molar-refractivity contribution in [2.45, 2.75) is 38.0 Å². The van der Waals surface area contributed by atoms with Gasteiger partial charge in [-0.2, -0.15) is 0 Å². The predicted octanol–water partition coefficient (Wildman–Crippen LogP) is 3.58. The van der Waals surface area contributed by atoms with E-state index in [1.54, 1.807) is 10.9 Å². The second-order valence-corrected chi connectivity index (χ2v) is 8.17. The molecule has 0 aliphatic carbocycles. The van der Waals surface area contributed by atoms with Gasteiger partial charge in [-0.15, -0.1) is 11.3 Å². The Kier molecular flexibility index (Phi) is 8.97. The first-order chi connectivity index (χ1) is 15.5. The number of unbranched alkanes of at least 4 members (excludes halogenated alkanes) is 2. The molecule has 3 aromatic rings. The first-order valence-electron chi connectivity index (χ1n) is 10.5. The first kappa shape index (κ1) is 23.7. The molecule has 1 unspecified atom stereocenters. The minimum Gasteiger partial charge on any atom is -0.427 e. The molecule has 0 aliphatic heterocycles. The zero-order valence-corrected chi connectivity index (χ0v) is 18.4. The molecule has 0 fully saturated rings. The standard InChI is InChI=1S/C23H26BN3O4S/c28-22(26-19-11-7-10-18(14-19)17-8-3-1-4-9-17)20(12-5-2-6-13-24(30)31)27-23(29)21-15-32-16-25-21/h1,3-4,7-11,14-16,20,30-31H,2,5-6,12-13H2,(H,26,28)(H,27,29). The third-order valence-corrected chi connectivity index (χ3v) is 5.57. The number of hydrogen-bond acceptors (Lipinski definition) is 6. The van der Waals surface area contributed by atoms with Gasteiger partial charge in [-0.3, -0.25) is 9.59 Å². The van der Waals surface area contributed by atoms with E-state index in [0.717, 1.165) is 17.5 Å². The fourth-order valence-electron chi connectivity index (χ4n) is 3.31. The summed E-state index contributed by atoms with van der Waals surface area (Å²) in [5.41, 5.74) is 4.52. The molecule has 0 bridgehead atoms. The lowest BCUT2D eigenvalue weighted by atomic mass is 9.83. The van der Waals surface area contributed by atoms with Crippen LogP contribution < -0.4 is 10.6 Å². The lowest BCUT2D eigenvalue weighted by Crippen LogP contribution is -2.44. The van der Waals surface area contributed by atoms with Crippen molar-refractivity contribution in [3.05, 3.63) is 71.2 Å². The highest BCUT2D eigenvalue weighted by atomic mass is 32.1. The van der Waals surface area contributed by atoms with Crippen molar-refractivity contribution in [2.24, 2.45) is 0 Å². The first-order valence-corrected chi connectivity index (χ1v) is 11.5. The van der Waals surface area contributed by atoms with Crippen LogP contribution in [0, 0.1) is 0 Å². The number of carbonyl (C=O) groups excluding carboxylic acids is 2. The smallest absolute Gasteiger partial charge is 0.427 e. The minimum atomic E-state index is -1.32. The Morgan fingerprint density at radius 1 is 1.00 bits per heavy atom. The highest BCUT2D eigenvalue weighted by Crippen LogP contribution is 2.22. The van der Waals surface area contributed by atoms with E-state index in [2.05, 4.69) is 15.6 Å². The summed E-state index contributed by atoms with van der Waals surface area (Å²) in [5, 5.41) is 25.3. The van der Waals surface area contributed by atoms with E-state index in [1.165, 1.54) is 11.3 Å². The van der Waals surface area contributed by atoms with Crippen molar-refractivity contribution in [1.29, 1.82) is 0 Å². The topological polar surface area (TPSA) is 112 Å². The highest BCUT2D eigenvalue weighted by molar-refractivity contribution is 7.07. The van der Waals surface area contributed by atoms with Gasteiger partial charge in [0.25, 0.3) is 5.91 Å². The molecule has 9 heteroatoms. The number of rotatable bonds is 11. The van der Waals surface area contributed by atoms with Crippen LogP contribution in [0.3, 0.4) is 0 Å². The normalized spacial score (nSPS) is 11.6. The summed E-state index contributed by atoms with van der Waals surface area (Å²) in [7, 11) is -1.32. The summed E-state index contributed by atoms with van der Waals surface area (Å²) in [5.74, 6) is -0.698. The summed E-state index contributed by atoms with van der Waals surface area (Å²) < 4.78 is 0. The number of hydrogen-bond donors (Lipinski definition) is 4. The SMILES string of the molecule is O=C(NC(CCCCCB(O)O)C(=O)Nc1cccc(-c2ccccc2)c1)c1cscn1. The van der Waals surface area contributed by atoms with Gasteiger partial charge in [0.15, 0.2) is 0 Å². The molecule has 2 amide bonds. The van der Waals surface area contributed by atoms with Crippen molar-refractivity contribution in [3.8, 4) is 11.1 Å². The van der Waals surface area contributed by atoms with Crippen LogP contribution in [-0.2, 0) is 4.79 Å². The van der Waals surface area contributed by atoms with E-state index < -0.39 is 19.1 Å². The van der Waals surface area contributed by atoms with E-state index in [0.29, 0.717) is 24.9 Å². The zero-order chi connectivity index (χ0) is 22.8. The van der Waals surface area contributed by atoms with Crippen LogP contribution in [0.4, 0.5) is 5.69 Å². The van der Waals surface area contributed by atoms with Gasteiger partial charge in [0, 0.05) is 11.1 Å². The van der Waals surface area contributed by atoms with Crippen LogP contribution in [0.1, 0.15) is 36.2 Å². The number of nitrogens with one attached hydrogen (secondary N) is 2. The van der Waals surface area contributed by atoms with Gasteiger partial charge in [-0.25, -0.2) is 4.98 Å². The van der Waals surface area contributed by atoms with Gasteiger partial charge in [-0.1, -0.05) is 61.7 Å². The van der Waals surface area contributed by atoms with Crippen molar-refractivity contribution in [2.75, 3.05) is 5.32 Å². The number of thiazole rings is 1. The number of amides is 2. The fourth-order valence-corrected chi connectivity index (χ4v) is 3.85. The van der Waals surface area contributed by atoms with Gasteiger partial charge in [0.05, 0.1) is 5.51 Å². The largest absolute Gasteiger partial charge is 0.451 e. The summed E-state index contributed by atoms with van der Waals surface area (Å²) in [4.78, 5) is 29.5. The van der Waals surface area contributed by atoms with Gasteiger partial charge < -0.3 is 20.7 Å². The Hall–Kier alpha value is -3.01. The molecule has 1 heterocycles. The Labute approximate surface area is 191 Å². The maximum Gasteiger partial charge on any atom is 0.451 e. The van der Waals surface area contributed by atoms with Crippen molar-refractivity contribution in [3.63, 3.8) is 0 Å². The molecule has 1 atom stereocenters. The molecular weight excluding hydrogens is 425 g/mol. The van der Waals surface area contributed by atoms with Gasteiger partial charge in [-0.05, 0) is 36.0 Å². The van der Waals surface area contributed by atoms with Crippen molar-refractivity contribution < 1.29 is 19.6 Å². The van der Waals surface area contributed by atoms with Gasteiger partial charge >= 0.3 is 7.12 Å². The number of benzene rings is 2. The molecule has 166 valence electrons. The highest BCUT2D eigenvalue weighted by Gasteiger charge is 2.22. The average Bonchev–Trinajstić information content (AvgIpc) is 3.34. The van der Waals surface area contributed by atoms with Crippen LogP contribution in [-0.4, -0.2) is 40.0 Å². The van der Waals surface area contributed by atoms with E-state index in [1.807, 2.05) is 54.6 Å². The van der Waals surface area contributed by atoms with Crippen LogP contribution >= 0.6 is 11.3 Å². The van der Waals surface area contributed by atoms with E-state index in [9.17, 15) is 9.59 Å². The summed E-state index contributed by atoms with van der Waals surface area (Å²) >= 11 is 1.31. The molecule has 3 rings (SSSR count). The molecule has 1 aromatic heterocycles. The maximum atomic E-state index is 13.0. The fraction of sp³-hybridized carbons (Fsp3) is 0.261. The average molecular weight is 451 g/mol. The molecule has 0 spiro atoms. The number of anilines is 1. The summed E-state index contributed by atoms with van der Waals surface area (Å²) in [6, 6.07) is 16.7. The predicted molar refractivity (Wildman–Crippen MR) is 127 cm³/mol. The van der Waals surface area contributed by atoms with Crippen LogP contribution in [0.15, 0.2) is 65.5 Å². The lowest BCUT2D eigenvalue weighted by molar-refractivity contribution is -0.118. The van der Waals surface area contributed by atoms with E-state index >= 15 is 0 Å².